The predicted molar refractivity (Wildman–Crippen MR) is 71.3 cm³/mol. The molecule has 2 aromatic rings. The van der Waals surface area contributed by atoms with Crippen LogP contribution in [0.3, 0.4) is 0 Å². The zero-order valence-corrected chi connectivity index (χ0v) is 11.8. The van der Waals surface area contributed by atoms with Crippen LogP contribution in [0.1, 0.15) is 11.3 Å². The zero-order valence-electron chi connectivity index (χ0n) is 10.3. The van der Waals surface area contributed by atoms with E-state index in [1.807, 2.05) is 0 Å². The number of alkyl halides is 3. The molecule has 0 aliphatic heterocycles. The third kappa shape index (κ3) is 2.92. The largest absolute Gasteiger partial charge is 0.433 e. The summed E-state index contributed by atoms with van der Waals surface area (Å²) in [6.07, 6.45) is -3.37. The van der Waals surface area contributed by atoms with E-state index in [9.17, 15) is 13.2 Å². The van der Waals surface area contributed by atoms with Crippen molar-refractivity contribution in [2.45, 2.75) is 12.7 Å². The first-order valence-electron chi connectivity index (χ1n) is 5.58. The molecule has 1 aromatic carbocycles. The van der Waals surface area contributed by atoms with Crippen LogP contribution in [0.25, 0.3) is 5.69 Å². The first kappa shape index (κ1) is 15.2. The fourth-order valence-corrected chi connectivity index (χ4v) is 2.33. The minimum atomic E-state index is -4.54. The minimum Gasteiger partial charge on any atom is -0.316 e. The Morgan fingerprint density at radius 2 is 2.00 bits per heavy atom. The molecule has 0 aliphatic carbocycles. The minimum absolute atomic E-state index is 0.0472. The van der Waals surface area contributed by atoms with Gasteiger partial charge in [0.2, 0.25) is 0 Å². The second-order valence-electron chi connectivity index (χ2n) is 4.05. The van der Waals surface area contributed by atoms with Crippen molar-refractivity contribution in [3.63, 3.8) is 0 Å². The van der Waals surface area contributed by atoms with Crippen molar-refractivity contribution in [1.82, 2.24) is 15.1 Å². The van der Waals surface area contributed by atoms with Gasteiger partial charge in [-0.3, -0.25) is 0 Å². The smallest absolute Gasteiger partial charge is 0.316 e. The van der Waals surface area contributed by atoms with Crippen molar-refractivity contribution in [2.75, 3.05) is 7.05 Å². The normalized spacial score (nSPS) is 11.9. The quantitative estimate of drug-likeness (QED) is 0.927. The van der Waals surface area contributed by atoms with Crippen molar-refractivity contribution in [3.8, 4) is 5.69 Å². The molecular formula is C12H10Cl2F3N3. The molecule has 108 valence electrons. The van der Waals surface area contributed by atoms with Gasteiger partial charge in [0, 0.05) is 17.1 Å². The summed E-state index contributed by atoms with van der Waals surface area (Å²) in [7, 11) is 1.56. The van der Waals surface area contributed by atoms with Gasteiger partial charge in [-0.15, -0.1) is 0 Å². The molecule has 3 nitrogen and oxygen atoms in total. The molecule has 0 fully saturated rings. The van der Waals surface area contributed by atoms with Gasteiger partial charge in [0.05, 0.1) is 16.9 Å². The van der Waals surface area contributed by atoms with E-state index in [1.165, 1.54) is 24.4 Å². The molecule has 2 rings (SSSR count). The molecule has 0 atom stereocenters. The SMILES string of the molecule is CNCc1cnn(-c2ccc(Cl)cc2Cl)c1C(F)(F)F. The van der Waals surface area contributed by atoms with Gasteiger partial charge in [-0.25, -0.2) is 4.68 Å². The lowest BCUT2D eigenvalue weighted by Gasteiger charge is -2.13. The maximum atomic E-state index is 13.2. The van der Waals surface area contributed by atoms with E-state index < -0.39 is 11.9 Å². The van der Waals surface area contributed by atoms with Crippen LogP contribution in [0.5, 0.6) is 0 Å². The third-order valence-corrected chi connectivity index (χ3v) is 3.16. The van der Waals surface area contributed by atoms with Crippen molar-refractivity contribution in [2.24, 2.45) is 0 Å². The fraction of sp³-hybridized carbons (Fsp3) is 0.250. The van der Waals surface area contributed by atoms with E-state index >= 15 is 0 Å². The summed E-state index contributed by atoms with van der Waals surface area (Å²) in [6.45, 7) is 0.0556. The van der Waals surface area contributed by atoms with Gasteiger partial charge in [0.1, 0.15) is 0 Å². The molecule has 0 bridgehead atoms. The molecule has 0 saturated heterocycles. The molecule has 0 unspecified atom stereocenters. The highest BCUT2D eigenvalue weighted by molar-refractivity contribution is 6.35. The Hall–Kier alpha value is -1.24. The molecule has 20 heavy (non-hydrogen) atoms. The Bertz CT molecular complexity index is 623. The molecule has 0 amide bonds. The Kier molecular flexibility index (Phi) is 4.27. The van der Waals surface area contributed by atoms with Gasteiger partial charge in [-0.1, -0.05) is 23.2 Å². The molecule has 0 spiro atoms. The lowest BCUT2D eigenvalue weighted by molar-refractivity contribution is -0.143. The van der Waals surface area contributed by atoms with E-state index in [-0.39, 0.29) is 22.8 Å². The summed E-state index contributed by atoms with van der Waals surface area (Å²) in [4.78, 5) is 0. The predicted octanol–water partition coefficient (Wildman–Crippen LogP) is 3.92. The second-order valence-corrected chi connectivity index (χ2v) is 4.90. The van der Waals surface area contributed by atoms with Crippen LogP contribution in [-0.4, -0.2) is 16.8 Å². The topological polar surface area (TPSA) is 29.9 Å². The second kappa shape index (κ2) is 5.63. The van der Waals surface area contributed by atoms with Crippen LogP contribution in [-0.2, 0) is 12.7 Å². The van der Waals surface area contributed by atoms with Crippen LogP contribution in [0.15, 0.2) is 24.4 Å². The molecule has 8 heteroatoms. The Balaban J connectivity index is 2.62. The third-order valence-electron chi connectivity index (χ3n) is 2.62. The summed E-state index contributed by atoms with van der Waals surface area (Å²) in [5.41, 5.74) is -0.673. The molecule has 0 radical (unpaired) electrons. The highest BCUT2D eigenvalue weighted by Crippen LogP contribution is 2.35. The van der Waals surface area contributed by atoms with Crippen molar-refractivity contribution in [3.05, 3.63) is 45.7 Å². The van der Waals surface area contributed by atoms with Gasteiger partial charge in [-0.2, -0.15) is 18.3 Å². The number of nitrogens with one attached hydrogen (secondary N) is 1. The molecular weight excluding hydrogens is 314 g/mol. The van der Waals surface area contributed by atoms with E-state index in [1.54, 1.807) is 7.05 Å². The Morgan fingerprint density at radius 1 is 1.30 bits per heavy atom. The number of hydrogen-bond acceptors (Lipinski definition) is 2. The van der Waals surface area contributed by atoms with Crippen molar-refractivity contribution in [1.29, 1.82) is 0 Å². The van der Waals surface area contributed by atoms with Crippen molar-refractivity contribution < 1.29 is 13.2 Å². The van der Waals surface area contributed by atoms with E-state index in [0.717, 1.165) is 4.68 Å². The van der Waals surface area contributed by atoms with Crippen LogP contribution in [0.2, 0.25) is 10.0 Å². The lowest BCUT2D eigenvalue weighted by atomic mass is 10.2. The monoisotopic (exact) mass is 323 g/mol. The summed E-state index contributed by atoms with van der Waals surface area (Å²) in [5, 5.41) is 6.91. The van der Waals surface area contributed by atoms with Crippen LogP contribution in [0, 0.1) is 0 Å². The standard InChI is InChI=1S/C12H10Cl2F3N3/c1-18-5-7-6-19-20(11(7)12(15,16)17)10-3-2-8(13)4-9(10)14/h2-4,6,18H,5H2,1H3. The van der Waals surface area contributed by atoms with Gasteiger partial charge in [0.25, 0.3) is 0 Å². The van der Waals surface area contributed by atoms with Gasteiger partial charge in [-0.05, 0) is 25.2 Å². The summed E-state index contributed by atoms with van der Waals surface area (Å²) in [5.74, 6) is 0. The molecule has 1 aromatic heterocycles. The fourth-order valence-electron chi connectivity index (χ4n) is 1.84. The first-order chi connectivity index (χ1) is 9.34. The lowest BCUT2D eigenvalue weighted by Crippen LogP contribution is -2.18. The van der Waals surface area contributed by atoms with Crippen LogP contribution in [0.4, 0.5) is 13.2 Å². The summed E-state index contributed by atoms with van der Waals surface area (Å²) >= 11 is 11.7. The zero-order chi connectivity index (χ0) is 14.9. The molecule has 1 N–H and O–H groups in total. The van der Waals surface area contributed by atoms with Gasteiger partial charge >= 0.3 is 6.18 Å². The summed E-state index contributed by atoms with van der Waals surface area (Å²) in [6, 6.07) is 4.23. The van der Waals surface area contributed by atoms with Gasteiger partial charge in [0.15, 0.2) is 5.69 Å². The number of benzene rings is 1. The number of nitrogens with zero attached hydrogens (tertiary/aromatic N) is 2. The molecule has 0 aliphatic rings. The Labute approximate surface area is 123 Å². The average Bonchev–Trinajstić information content (AvgIpc) is 2.73. The molecule has 1 heterocycles. The maximum Gasteiger partial charge on any atom is 0.433 e. The van der Waals surface area contributed by atoms with Crippen LogP contribution >= 0.6 is 23.2 Å². The first-order valence-corrected chi connectivity index (χ1v) is 6.34. The van der Waals surface area contributed by atoms with E-state index in [2.05, 4.69) is 10.4 Å². The number of rotatable bonds is 3. The highest BCUT2D eigenvalue weighted by atomic mass is 35.5. The average molecular weight is 324 g/mol. The van der Waals surface area contributed by atoms with E-state index in [0.29, 0.717) is 5.02 Å². The Morgan fingerprint density at radius 3 is 2.55 bits per heavy atom. The molecule has 0 saturated carbocycles. The number of aromatic nitrogens is 2. The number of halogens is 5. The maximum absolute atomic E-state index is 13.2. The van der Waals surface area contributed by atoms with E-state index in [4.69, 9.17) is 23.2 Å². The summed E-state index contributed by atoms with van der Waals surface area (Å²) < 4.78 is 40.4. The highest BCUT2D eigenvalue weighted by Gasteiger charge is 2.38. The van der Waals surface area contributed by atoms with Crippen molar-refractivity contribution >= 4 is 23.2 Å². The van der Waals surface area contributed by atoms with Gasteiger partial charge < -0.3 is 5.32 Å². The van der Waals surface area contributed by atoms with Crippen LogP contribution < -0.4 is 5.32 Å². The number of hydrogen-bond donors (Lipinski definition) is 1.